The molecule has 0 bridgehead atoms. The molecule has 1 N–H and O–H groups in total. The van der Waals surface area contributed by atoms with E-state index in [-0.39, 0.29) is 5.91 Å². The molecule has 5 nitrogen and oxygen atoms in total. The number of carbonyl (C=O) groups is 1. The highest BCUT2D eigenvalue weighted by atomic mass is 32.1. The molecule has 0 aliphatic carbocycles. The van der Waals surface area contributed by atoms with Crippen LogP contribution in [-0.2, 0) is 7.05 Å². The zero-order valence-electron chi connectivity index (χ0n) is 15.2. The minimum atomic E-state index is -0.0748. The molecule has 1 atom stereocenters. The predicted octanol–water partition coefficient (Wildman–Crippen LogP) is 3.52. The third-order valence-corrected chi connectivity index (χ3v) is 6.18. The van der Waals surface area contributed by atoms with Crippen molar-refractivity contribution in [1.29, 1.82) is 0 Å². The highest BCUT2D eigenvalue weighted by molar-refractivity contribution is 7.13. The van der Waals surface area contributed by atoms with E-state index in [9.17, 15) is 4.79 Å². The molecule has 1 saturated heterocycles. The molecule has 26 heavy (non-hydrogen) atoms. The molecule has 0 spiro atoms. The van der Waals surface area contributed by atoms with Crippen LogP contribution in [0.25, 0.3) is 21.6 Å². The van der Waals surface area contributed by atoms with Gasteiger partial charge in [0.25, 0.3) is 5.91 Å². The Morgan fingerprint density at radius 2 is 2.23 bits per heavy atom. The quantitative estimate of drug-likeness (QED) is 0.750. The van der Waals surface area contributed by atoms with Crippen LogP contribution in [0.1, 0.15) is 30.3 Å². The molecule has 136 valence electrons. The van der Waals surface area contributed by atoms with Gasteiger partial charge >= 0.3 is 0 Å². The first-order chi connectivity index (χ1) is 12.7. The maximum atomic E-state index is 12.5. The van der Waals surface area contributed by atoms with Crippen molar-refractivity contribution in [1.82, 2.24) is 19.8 Å². The average molecular weight is 369 g/mol. The van der Waals surface area contributed by atoms with Gasteiger partial charge in [-0.05, 0) is 38.1 Å². The molecule has 1 aliphatic rings. The number of thiazole rings is 1. The van der Waals surface area contributed by atoms with Crippen molar-refractivity contribution in [3.63, 3.8) is 0 Å². The first-order valence-corrected chi connectivity index (χ1v) is 10.1. The number of rotatable bonds is 5. The second-order valence-electron chi connectivity index (χ2n) is 6.82. The number of aryl methyl sites for hydroxylation is 1. The number of amides is 1. The summed E-state index contributed by atoms with van der Waals surface area (Å²) in [5.74, 6) is -0.0748. The Morgan fingerprint density at radius 3 is 3.04 bits per heavy atom. The van der Waals surface area contributed by atoms with Crippen LogP contribution < -0.4 is 5.32 Å². The van der Waals surface area contributed by atoms with Gasteiger partial charge in [-0.1, -0.05) is 25.1 Å². The van der Waals surface area contributed by atoms with E-state index in [0.717, 1.165) is 30.2 Å². The average Bonchev–Trinajstić information content (AvgIpc) is 3.38. The molecule has 1 amide bonds. The summed E-state index contributed by atoms with van der Waals surface area (Å²) in [5.41, 5.74) is 2.73. The van der Waals surface area contributed by atoms with E-state index < -0.39 is 0 Å². The van der Waals surface area contributed by atoms with Gasteiger partial charge in [0, 0.05) is 35.9 Å². The molecule has 1 aliphatic heterocycles. The number of likely N-dealkylation sites (N-methyl/N-ethyl adjacent to an activating group) is 1. The number of hydrogen-bond acceptors (Lipinski definition) is 4. The van der Waals surface area contributed by atoms with Crippen LogP contribution in [0.4, 0.5) is 0 Å². The normalized spacial score (nSPS) is 17.8. The fourth-order valence-corrected chi connectivity index (χ4v) is 4.68. The fourth-order valence-electron chi connectivity index (χ4n) is 3.83. The Kier molecular flexibility index (Phi) is 4.78. The number of nitrogens with one attached hydrogen (secondary N) is 1. The number of nitrogens with zero attached hydrogens (tertiary/aromatic N) is 3. The largest absolute Gasteiger partial charge is 0.349 e. The molecule has 1 aromatic carbocycles. The van der Waals surface area contributed by atoms with Crippen molar-refractivity contribution in [2.24, 2.45) is 7.05 Å². The van der Waals surface area contributed by atoms with Gasteiger partial charge in [-0.25, -0.2) is 4.98 Å². The first kappa shape index (κ1) is 17.2. The van der Waals surface area contributed by atoms with Gasteiger partial charge in [-0.15, -0.1) is 11.3 Å². The van der Waals surface area contributed by atoms with Gasteiger partial charge in [-0.3, -0.25) is 9.69 Å². The Morgan fingerprint density at radius 1 is 1.38 bits per heavy atom. The summed E-state index contributed by atoms with van der Waals surface area (Å²) in [6.07, 6.45) is 2.38. The van der Waals surface area contributed by atoms with Gasteiger partial charge in [0.2, 0.25) is 0 Å². The summed E-state index contributed by atoms with van der Waals surface area (Å²) in [6.45, 7) is 5.06. The summed E-state index contributed by atoms with van der Waals surface area (Å²) in [4.78, 5) is 19.5. The lowest BCUT2D eigenvalue weighted by Gasteiger charge is -2.22. The summed E-state index contributed by atoms with van der Waals surface area (Å²) < 4.78 is 2.13. The van der Waals surface area contributed by atoms with Crippen LogP contribution in [0.2, 0.25) is 0 Å². The summed E-state index contributed by atoms with van der Waals surface area (Å²) in [6, 6.07) is 10.9. The highest BCUT2D eigenvalue weighted by Gasteiger charge is 2.24. The molecule has 3 aromatic rings. The fraction of sp³-hybridized carbons (Fsp3) is 0.400. The molecule has 3 heterocycles. The minimum absolute atomic E-state index is 0.0748. The van der Waals surface area contributed by atoms with E-state index in [1.165, 1.54) is 28.7 Å². The number of hydrogen-bond donors (Lipinski definition) is 1. The van der Waals surface area contributed by atoms with Crippen LogP contribution in [-0.4, -0.2) is 46.0 Å². The van der Waals surface area contributed by atoms with E-state index in [4.69, 9.17) is 0 Å². The third-order valence-electron chi connectivity index (χ3n) is 5.31. The Hall–Kier alpha value is -2.18. The number of carbonyl (C=O) groups excluding carboxylic acids is 1. The van der Waals surface area contributed by atoms with Crippen molar-refractivity contribution in [3.8, 4) is 10.7 Å². The van der Waals surface area contributed by atoms with E-state index in [0.29, 0.717) is 18.3 Å². The molecular formula is C20H24N4OS. The van der Waals surface area contributed by atoms with Gasteiger partial charge in [-0.2, -0.15) is 0 Å². The number of likely N-dealkylation sites (tertiary alicyclic amines) is 1. The second-order valence-corrected chi connectivity index (χ2v) is 7.68. The van der Waals surface area contributed by atoms with Crippen molar-refractivity contribution < 1.29 is 4.79 Å². The predicted molar refractivity (Wildman–Crippen MR) is 107 cm³/mol. The van der Waals surface area contributed by atoms with E-state index in [1.807, 2.05) is 24.6 Å². The molecule has 0 saturated carbocycles. The lowest BCUT2D eigenvalue weighted by Crippen LogP contribution is -2.40. The molecule has 1 unspecified atom stereocenters. The number of aromatic nitrogens is 2. The molecule has 2 aromatic heterocycles. The standard InChI is InChI=1S/C20H24N4OS/c1-3-24-10-6-8-15(24)12-21-19(25)16-13-26-20(22-16)18-11-14-7-4-5-9-17(14)23(18)2/h4-5,7,9,11,13,15H,3,6,8,10,12H2,1-2H3,(H,21,25). The smallest absolute Gasteiger partial charge is 0.270 e. The summed E-state index contributed by atoms with van der Waals surface area (Å²) in [5, 5.41) is 6.99. The van der Waals surface area contributed by atoms with Crippen molar-refractivity contribution >= 4 is 28.1 Å². The lowest BCUT2D eigenvalue weighted by molar-refractivity contribution is 0.0937. The molecule has 6 heteroatoms. The Balaban J connectivity index is 1.48. The van der Waals surface area contributed by atoms with Gasteiger partial charge in [0.15, 0.2) is 0 Å². The first-order valence-electron chi connectivity index (χ1n) is 9.20. The van der Waals surface area contributed by atoms with Crippen LogP contribution >= 0.6 is 11.3 Å². The van der Waals surface area contributed by atoms with Crippen LogP contribution in [0, 0.1) is 0 Å². The molecule has 4 rings (SSSR count). The molecular weight excluding hydrogens is 344 g/mol. The van der Waals surface area contributed by atoms with Crippen LogP contribution in [0.15, 0.2) is 35.7 Å². The maximum Gasteiger partial charge on any atom is 0.270 e. The third kappa shape index (κ3) is 3.15. The van der Waals surface area contributed by atoms with Gasteiger partial charge in [0.1, 0.15) is 10.7 Å². The van der Waals surface area contributed by atoms with Gasteiger partial charge in [0.05, 0.1) is 5.69 Å². The summed E-state index contributed by atoms with van der Waals surface area (Å²) in [7, 11) is 2.04. The molecule has 1 fully saturated rings. The number of para-hydroxylation sites is 1. The Bertz CT molecular complexity index is 929. The Labute approximate surface area is 157 Å². The van der Waals surface area contributed by atoms with Crippen LogP contribution in [0.5, 0.6) is 0 Å². The zero-order valence-corrected chi connectivity index (χ0v) is 16.1. The number of benzene rings is 1. The maximum absolute atomic E-state index is 12.5. The van der Waals surface area contributed by atoms with Gasteiger partial charge < -0.3 is 9.88 Å². The van der Waals surface area contributed by atoms with Crippen molar-refractivity contribution in [2.75, 3.05) is 19.6 Å². The second kappa shape index (κ2) is 7.21. The zero-order chi connectivity index (χ0) is 18.1. The monoisotopic (exact) mass is 368 g/mol. The SMILES string of the molecule is CCN1CCCC1CNC(=O)c1csc(-c2cc3ccccc3n2C)n1. The lowest BCUT2D eigenvalue weighted by atomic mass is 10.2. The van der Waals surface area contributed by atoms with Crippen molar-refractivity contribution in [3.05, 3.63) is 41.4 Å². The minimum Gasteiger partial charge on any atom is -0.349 e. The van der Waals surface area contributed by atoms with Crippen molar-refractivity contribution in [2.45, 2.75) is 25.8 Å². The topological polar surface area (TPSA) is 50.2 Å². The summed E-state index contributed by atoms with van der Waals surface area (Å²) >= 11 is 1.52. The van der Waals surface area contributed by atoms with E-state index in [1.54, 1.807) is 0 Å². The van der Waals surface area contributed by atoms with E-state index >= 15 is 0 Å². The molecule has 0 radical (unpaired) electrons. The highest BCUT2D eigenvalue weighted by Crippen LogP contribution is 2.29. The number of fused-ring (bicyclic) bond motifs is 1. The van der Waals surface area contributed by atoms with E-state index in [2.05, 4.69) is 44.9 Å². The van der Waals surface area contributed by atoms with Crippen LogP contribution in [0.3, 0.4) is 0 Å².